The summed E-state index contributed by atoms with van der Waals surface area (Å²) in [6, 6.07) is 0.725. The van der Waals surface area contributed by atoms with Crippen LogP contribution in [-0.4, -0.2) is 40.5 Å². The number of hydrogen-bond acceptors (Lipinski definition) is 4. The van der Waals surface area contributed by atoms with Crippen molar-refractivity contribution in [2.24, 2.45) is 0 Å². The molecule has 0 aliphatic carbocycles. The number of nitrogens with zero attached hydrogens (tertiary/aromatic N) is 3. The van der Waals surface area contributed by atoms with Gasteiger partial charge in [-0.2, -0.15) is 4.98 Å². The Balaban J connectivity index is 2.03. The number of halogens is 2. The molecule has 2 unspecified atom stereocenters. The van der Waals surface area contributed by atoms with Crippen molar-refractivity contribution in [3.05, 3.63) is 17.3 Å². The van der Waals surface area contributed by atoms with Gasteiger partial charge in [0.2, 0.25) is 5.28 Å². The predicted molar refractivity (Wildman–Crippen MR) is 65.7 cm³/mol. The van der Waals surface area contributed by atoms with E-state index in [2.05, 4.69) is 34.2 Å². The van der Waals surface area contributed by atoms with Crippen molar-refractivity contribution in [2.45, 2.75) is 31.8 Å². The molecule has 6 heteroatoms. The minimum atomic E-state index is -0.457. The number of anilines is 1. The van der Waals surface area contributed by atoms with E-state index in [9.17, 15) is 4.39 Å². The zero-order chi connectivity index (χ0) is 12.4. The van der Waals surface area contributed by atoms with Gasteiger partial charge in [-0.1, -0.05) is 0 Å². The third-order valence-electron chi connectivity index (χ3n) is 3.26. The number of rotatable bonds is 2. The van der Waals surface area contributed by atoms with Crippen molar-refractivity contribution in [2.75, 3.05) is 18.9 Å². The average molecular weight is 259 g/mol. The van der Waals surface area contributed by atoms with Gasteiger partial charge in [0.05, 0.1) is 6.20 Å². The lowest BCUT2D eigenvalue weighted by molar-refractivity contribution is 0.190. The summed E-state index contributed by atoms with van der Waals surface area (Å²) in [5.74, 6) is -0.257. The van der Waals surface area contributed by atoms with Gasteiger partial charge >= 0.3 is 0 Å². The van der Waals surface area contributed by atoms with E-state index in [0.29, 0.717) is 6.04 Å². The van der Waals surface area contributed by atoms with E-state index in [1.807, 2.05) is 0 Å². The molecular formula is C11H16ClFN4. The maximum atomic E-state index is 13.4. The summed E-state index contributed by atoms with van der Waals surface area (Å²) >= 11 is 5.65. The lowest BCUT2D eigenvalue weighted by Gasteiger charge is -2.35. The zero-order valence-corrected chi connectivity index (χ0v) is 10.7. The SMILES string of the molecule is CC1CC(Nc2nc(Cl)ncc2F)CCN1C. The van der Waals surface area contributed by atoms with Crippen LogP contribution in [0, 0.1) is 5.82 Å². The normalized spacial score (nSPS) is 25.9. The smallest absolute Gasteiger partial charge is 0.224 e. The second-order valence-corrected chi connectivity index (χ2v) is 4.87. The first kappa shape index (κ1) is 12.5. The summed E-state index contributed by atoms with van der Waals surface area (Å²) in [6.45, 7) is 3.16. The summed E-state index contributed by atoms with van der Waals surface area (Å²) in [6.07, 6.45) is 3.04. The maximum absolute atomic E-state index is 13.4. The molecule has 0 spiro atoms. The van der Waals surface area contributed by atoms with Gasteiger partial charge in [0.1, 0.15) is 0 Å². The van der Waals surface area contributed by atoms with Crippen molar-refractivity contribution in [3.63, 3.8) is 0 Å². The first-order valence-electron chi connectivity index (χ1n) is 5.71. The van der Waals surface area contributed by atoms with Gasteiger partial charge in [0.25, 0.3) is 0 Å². The maximum Gasteiger partial charge on any atom is 0.224 e. The fourth-order valence-electron chi connectivity index (χ4n) is 2.06. The number of hydrogen-bond donors (Lipinski definition) is 1. The average Bonchev–Trinajstić information content (AvgIpc) is 2.29. The quantitative estimate of drug-likeness (QED) is 0.826. The van der Waals surface area contributed by atoms with Gasteiger partial charge in [-0.3, -0.25) is 0 Å². The number of nitrogens with one attached hydrogen (secondary N) is 1. The molecule has 94 valence electrons. The second kappa shape index (κ2) is 5.14. The Morgan fingerprint density at radius 3 is 3.06 bits per heavy atom. The van der Waals surface area contributed by atoms with E-state index in [1.54, 1.807) is 0 Å². The minimum absolute atomic E-state index is 0.0647. The number of piperidine rings is 1. The van der Waals surface area contributed by atoms with Crippen LogP contribution in [0.5, 0.6) is 0 Å². The van der Waals surface area contributed by atoms with Crippen molar-refractivity contribution in [1.29, 1.82) is 0 Å². The van der Waals surface area contributed by atoms with Gasteiger partial charge in [0.15, 0.2) is 11.6 Å². The van der Waals surface area contributed by atoms with Gasteiger partial charge in [-0.25, -0.2) is 9.37 Å². The Morgan fingerprint density at radius 2 is 2.35 bits per heavy atom. The fraction of sp³-hybridized carbons (Fsp3) is 0.636. The predicted octanol–water partition coefficient (Wildman–Crippen LogP) is 2.16. The summed E-state index contributed by atoms with van der Waals surface area (Å²) in [4.78, 5) is 9.75. The zero-order valence-electron chi connectivity index (χ0n) is 9.95. The largest absolute Gasteiger partial charge is 0.365 e. The Bertz CT molecular complexity index is 401. The minimum Gasteiger partial charge on any atom is -0.365 e. The highest BCUT2D eigenvalue weighted by atomic mass is 35.5. The molecule has 2 atom stereocenters. The highest BCUT2D eigenvalue weighted by molar-refractivity contribution is 6.28. The summed E-state index contributed by atoms with van der Waals surface area (Å²) in [5, 5.41) is 3.17. The molecule has 0 radical (unpaired) electrons. The van der Waals surface area contributed by atoms with E-state index in [-0.39, 0.29) is 17.1 Å². The van der Waals surface area contributed by atoms with Gasteiger partial charge in [-0.05, 0) is 38.4 Å². The lowest BCUT2D eigenvalue weighted by Crippen LogP contribution is -2.42. The third kappa shape index (κ3) is 3.04. The molecule has 1 aliphatic rings. The molecule has 1 aliphatic heterocycles. The van der Waals surface area contributed by atoms with Crippen LogP contribution >= 0.6 is 11.6 Å². The fourth-order valence-corrected chi connectivity index (χ4v) is 2.19. The van der Waals surface area contributed by atoms with Crippen molar-refractivity contribution in [1.82, 2.24) is 14.9 Å². The second-order valence-electron chi connectivity index (χ2n) is 4.53. The molecule has 0 amide bonds. The number of aromatic nitrogens is 2. The highest BCUT2D eigenvalue weighted by Gasteiger charge is 2.23. The molecule has 0 saturated carbocycles. The Hall–Kier alpha value is -0.940. The van der Waals surface area contributed by atoms with Crippen LogP contribution in [0.2, 0.25) is 5.28 Å². The highest BCUT2D eigenvalue weighted by Crippen LogP contribution is 2.20. The molecule has 2 heterocycles. The Labute approximate surface area is 105 Å². The van der Waals surface area contributed by atoms with Crippen LogP contribution in [0.15, 0.2) is 6.20 Å². The molecule has 1 N–H and O–H groups in total. The lowest BCUT2D eigenvalue weighted by atomic mass is 9.99. The summed E-state index contributed by atoms with van der Waals surface area (Å²) < 4.78 is 13.4. The summed E-state index contributed by atoms with van der Waals surface area (Å²) in [5.41, 5.74) is 0. The van der Waals surface area contributed by atoms with Crippen molar-refractivity contribution >= 4 is 17.4 Å². The van der Waals surface area contributed by atoms with Crippen molar-refractivity contribution < 1.29 is 4.39 Å². The van der Waals surface area contributed by atoms with Gasteiger partial charge in [-0.15, -0.1) is 0 Å². The van der Waals surface area contributed by atoms with Gasteiger partial charge < -0.3 is 10.2 Å². The molecule has 0 aromatic carbocycles. The Kier molecular flexibility index (Phi) is 3.79. The molecule has 0 bridgehead atoms. The molecule has 1 fully saturated rings. The topological polar surface area (TPSA) is 41.1 Å². The van der Waals surface area contributed by atoms with Crippen LogP contribution in [0.4, 0.5) is 10.2 Å². The van der Waals surface area contributed by atoms with Crippen LogP contribution in [0.25, 0.3) is 0 Å². The summed E-state index contributed by atoms with van der Waals surface area (Å²) in [7, 11) is 2.10. The first-order valence-corrected chi connectivity index (χ1v) is 6.09. The monoisotopic (exact) mass is 258 g/mol. The van der Waals surface area contributed by atoms with Crippen LogP contribution in [0.3, 0.4) is 0 Å². The van der Waals surface area contributed by atoms with E-state index < -0.39 is 5.82 Å². The van der Waals surface area contributed by atoms with Crippen LogP contribution in [-0.2, 0) is 0 Å². The molecule has 17 heavy (non-hydrogen) atoms. The third-order valence-corrected chi connectivity index (χ3v) is 3.45. The Morgan fingerprint density at radius 1 is 1.59 bits per heavy atom. The van der Waals surface area contributed by atoms with Crippen molar-refractivity contribution in [3.8, 4) is 0 Å². The van der Waals surface area contributed by atoms with E-state index in [0.717, 1.165) is 25.6 Å². The molecule has 2 rings (SSSR count). The molecule has 1 saturated heterocycles. The molecule has 1 aromatic heterocycles. The standard InChI is InChI=1S/C11H16ClFN4/c1-7-5-8(3-4-17(7)2)15-10-9(13)6-14-11(12)16-10/h6-8H,3-5H2,1-2H3,(H,14,15,16). The van der Waals surface area contributed by atoms with Crippen LogP contribution in [0.1, 0.15) is 19.8 Å². The number of likely N-dealkylation sites (tertiary alicyclic amines) is 1. The first-order chi connectivity index (χ1) is 8.06. The van der Waals surface area contributed by atoms with Gasteiger partial charge in [0, 0.05) is 18.6 Å². The molecular weight excluding hydrogens is 243 g/mol. The molecule has 1 aromatic rings. The van der Waals surface area contributed by atoms with E-state index in [4.69, 9.17) is 11.6 Å². The van der Waals surface area contributed by atoms with E-state index in [1.165, 1.54) is 0 Å². The van der Waals surface area contributed by atoms with E-state index >= 15 is 0 Å². The molecule has 4 nitrogen and oxygen atoms in total. The van der Waals surface area contributed by atoms with Crippen LogP contribution < -0.4 is 5.32 Å².